The van der Waals surface area contributed by atoms with Crippen molar-refractivity contribution in [3.63, 3.8) is 0 Å². The Morgan fingerprint density at radius 2 is 1.32 bits per heavy atom. The number of carbonyl (C=O) groups is 5. The lowest BCUT2D eigenvalue weighted by Crippen LogP contribution is -2.54. The zero-order valence-corrected chi connectivity index (χ0v) is 15.7. The molecule has 12 heteroatoms. The Morgan fingerprint density at radius 3 is 1.82 bits per heavy atom. The van der Waals surface area contributed by atoms with Crippen LogP contribution in [0.1, 0.15) is 44.9 Å². The molecule has 0 aromatic heterocycles. The SMILES string of the molecule is NCCCC[C@H](NC(=O)[C@H](CCC(N)=O)NC(=O)[C@@H](N)CCC(N)=O)C(=O)O. The van der Waals surface area contributed by atoms with Crippen LogP contribution in [0.3, 0.4) is 0 Å². The molecule has 0 aliphatic rings. The molecule has 28 heavy (non-hydrogen) atoms. The summed E-state index contributed by atoms with van der Waals surface area (Å²) >= 11 is 0. The topological polar surface area (TPSA) is 234 Å². The summed E-state index contributed by atoms with van der Waals surface area (Å²) in [5.74, 6) is -4.07. The van der Waals surface area contributed by atoms with Crippen LogP contribution >= 0.6 is 0 Å². The molecule has 0 unspecified atom stereocenters. The molecule has 0 aromatic rings. The van der Waals surface area contributed by atoms with E-state index in [2.05, 4.69) is 10.6 Å². The molecule has 0 saturated carbocycles. The van der Waals surface area contributed by atoms with E-state index in [1.165, 1.54) is 0 Å². The third kappa shape index (κ3) is 11.1. The van der Waals surface area contributed by atoms with E-state index in [9.17, 15) is 29.1 Å². The van der Waals surface area contributed by atoms with Crippen LogP contribution in [0.2, 0.25) is 0 Å². The quantitative estimate of drug-likeness (QED) is 0.139. The van der Waals surface area contributed by atoms with E-state index in [1.807, 2.05) is 0 Å². The minimum atomic E-state index is -1.23. The Balaban J connectivity index is 5.01. The lowest BCUT2D eigenvalue weighted by atomic mass is 10.1. The summed E-state index contributed by atoms with van der Waals surface area (Å²) in [5.41, 5.74) is 21.1. The van der Waals surface area contributed by atoms with E-state index < -0.39 is 47.7 Å². The molecule has 3 atom stereocenters. The summed E-state index contributed by atoms with van der Waals surface area (Å²) in [6.45, 7) is 0.390. The molecule has 0 aliphatic carbocycles. The number of rotatable bonds is 15. The van der Waals surface area contributed by atoms with Crippen LogP contribution in [-0.4, -0.2) is 59.4 Å². The van der Waals surface area contributed by atoms with Gasteiger partial charge in [0.05, 0.1) is 6.04 Å². The minimum Gasteiger partial charge on any atom is -0.480 e. The molecule has 0 saturated heterocycles. The van der Waals surface area contributed by atoms with E-state index in [0.29, 0.717) is 19.4 Å². The third-order valence-corrected chi connectivity index (χ3v) is 3.91. The van der Waals surface area contributed by atoms with Gasteiger partial charge in [0.2, 0.25) is 23.6 Å². The Labute approximate surface area is 162 Å². The lowest BCUT2D eigenvalue weighted by molar-refractivity contribution is -0.142. The van der Waals surface area contributed by atoms with Gasteiger partial charge in [-0.1, -0.05) is 0 Å². The molecule has 160 valence electrons. The first kappa shape index (κ1) is 25.3. The van der Waals surface area contributed by atoms with Gasteiger partial charge in [-0.15, -0.1) is 0 Å². The number of aliphatic carboxylic acids is 1. The van der Waals surface area contributed by atoms with Gasteiger partial charge in [0.25, 0.3) is 0 Å². The van der Waals surface area contributed by atoms with Crippen LogP contribution in [0.15, 0.2) is 0 Å². The lowest BCUT2D eigenvalue weighted by Gasteiger charge is -2.22. The van der Waals surface area contributed by atoms with Gasteiger partial charge in [-0.3, -0.25) is 19.2 Å². The molecule has 11 N–H and O–H groups in total. The van der Waals surface area contributed by atoms with Crippen molar-refractivity contribution in [2.45, 2.75) is 63.1 Å². The van der Waals surface area contributed by atoms with Crippen LogP contribution in [0.25, 0.3) is 0 Å². The second-order valence-electron chi connectivity index (χ2n) is 6.36. The van der Waals surface area contributed by atoms with Gasteiger partial charge < -0.3 is 38.7 Å². The first-order valence-electron chi connectivity index (χ1n) is 8.94. The largest absolute Gasteiger partial charge is 0.480 e. The van der Waals surface area contributed by atoms with Gasteiger partial charge in [0, 0.05) is 12.8 Å². The first-order valence-corrected chi connectivity index (χ1v) is 8.94. The standard InChI is InChI=1S/C16H30N6O6/c17-8-2-1-3-11(16(27)28)22-15(26)10(5-7-13(20)24)21-14(25)9(18)4-6-12(19)23/h9-11H,1-8,17-18H2,(H2,19,23)(H2,20,24)(H,21,25)(H,22,26)(H,27,28)/t9-,10-,11-/m0/s1. The highest BCUT2D eigenvalue weighted by Gasteiger charge is 2.28. The smallest absolute Gasteiger partial charge is 0.326 e. The summed E-state index contributed by atoms with van der Waals surface area (Å²) in [7, 11) is 0. The van der Waals surface area contributed by atoms with Crippen molar-refractivity contribution in [1.29, 1.82) is 0 Å². The number of carbonyl (C=O) groups excluding carboxylic acids is 4. The molecule has 0 fully saturated rings. The molecule has 12 nitrogen and oxygen atoms in total. The molecule has 0 spiro atoms. The maximum atomic E-state index is 12.4. The molecule has 0 rings (SSSR count). The Kier molecular flexibility index (Phi) is 12.1. The minimum absolute atomic E-state index is 0.0256. The number of nitrogens with two attached hydrogens (primary N) is 4. The molecular weight excluding hydrogens is 372 g/mol. The zero-order valence-electron chi connectivity index (χ0n) is 15.7. The highest BCUT2D eigenvalue weighted by Crippen LogP contribution is 2.05. The van der Waals surface area contributed by atoms with Crippen LogP contribution in [0.4, 0.5) is 0 Å². The summed E-state index contributed by atoms with van der Waals surface area (Å²) in [6.07, 6.45) is 0.759. The predicted molar refractivity (Wildman–Crippen MR) is 99.2 cm³/mol. The number of carboxylic acids is 1. The molecule has 0 bridgehead atoms. The van der Waals surface area contributed by atoms with Crippen molar-refractivity contribution >= 4 is 29.6 Å². The molecule has 0 radical (unpaired) electrons. The monoisotopic (exact) mass is 402 g/mol. The van der Waals surface area contributed by atoms with Crippen LogP contribution < -0.4 is 33.6 Å². The van der Waals surface area contributed by atoms with Gasteiger partial charge in [-0.05, 0) is 38.6 Å². The van der Waals surface area contributed by atoms with Crippen molar-refractivity contribution < 1.29 is 29.1 Å². The Bertz CT molecular complexity index is 570. The predicted octanol–water partition coefficient (Wildman–Crippen LogP) is -2.97. The van der Waals surface area contributed by atoms with Crippen molar-refractivity contribution in [2.75, 3.05) is 6.54 Å². The van der Waals surface area contributed by atoms with E-state index >= 15 is 0 Å². The number of nitrogens with one attached hydrogen (secondary N) is 2. The van der Waals surface area contributed by atoms with Crippen molar-refractivity contribution in [2.24, 2.45) is 22.9 Å². The normalized spacial score (nSPS) is 13.8. The first-order chi connectivity index (χ1) is 13.1. The number of amides is 4. The van der Waals surface area contributed by atoms with Crippen molar-refractivity contribution in [3.05, 3.63) is 0 Å². The number of hydrogen-bond donors (Lipinski definition) is 7. The highest BCUT2D eigenvalue weighted by atomic mass is 16.4. The summed E-state index contributed by atoms with van der Waals surface area (Å²) < 4.78 is 0. The maximum Gasteiger partial charge on any atom is 0.326 e. The number of hydrogen-bond acceptors (Lipinski definition) is 7. The fourth-order valence-corrected chi connectivity index (χ4v) is 2.29. The average molecular weight is 402 g/mol. The van der Waals surface area contributed by atoms with Crippen LogP contribution in [0, 0.1) is 0 Å². The van der Waals surface area contributed by atoms with Gasteiger partial charge in [-0.25, -0.2) is 4.79 Å². The molecule has 0 aromatic carbocycles. The van der Waals surface area contributed by atoms with Crippen molar-refractivity contribution in [3.8, 4) is 0 Å². The zero-order chi connectivity index (χ0) is 21.7. The summed E-state index contributed by atoms with van der Waals surface area (Å²) in [6, 6.07) is -3.48. The fourth-order valence-electron chi connectivity index (χ4n) is 2.29. The van der Waals surface area contributed by atoms with Crippen molar-refractivity contribution in [1.82, 2.24) is 10.6 Å². The Hall–Kier alpha value is -2.73. The van der Waals surface area contributed by atoms with Gasteiger partial charge >= 0.3 is 5.97 Å². The van der Waals surface area contributed by atoms with Crippen LogP contribution in [-0.2, 0) is 24.0 Å². The van der Waals surface area contributed by atoms with E-state index in [1.54, 1.807) is 0 Å². The molecule has 0 aliphatic heterocycles. The van der Waals surface area contributed by atoms with E-state index in [0.717, 1.165) is 0 Å². The third-order valence-electron chi connectivity index (χ3n) is 3.91. The van der Waals surface area contributed by atoms with Crippen LogP contribution in [0.5, 0.6) is 0 Å². The number of carboxylic acid groups (broad SMARTS) is 1. The highest BCUT2D eigenvalue weighted by molar-refractivity contribution is 5.92. The fraction of sp³-hybridized carbons (Fsp3) is 0.688. The average Bonchev–Trinajstić information content (AvgIpc) is 2.61. The number of primary amides is 2. The maximum absolute atomic E-state index is 12.4. The van der Waals surface area contributed by atoms with Gasteiger partial charge in [-0.2, -0.15) is 0 Å². The second-order valence-corrected chi connectivity index (χ2v) is 6.36. The molecule has 0 heterocycles. The van der Waals surface area contributed by atoms with E-state index in [4.69, 9.17) is 22.9 Å². The van der Waals surface area contributed by atoms with Gasteiger partial charge in [0.1, 0.15) is 12.1 Å². The summed E-state index contributed by atoms with van der Waals surface area (Å²) in [5, 5.41) is 13.9. The molecule has 4 amide bonds. The van der Waals surface area contributed by atoms with E-state index in [-0.39, 0.29) is 32.1 Å². The molecular formula is C16H30N6O6. The second kappa shape index (κ2) is 13.4. The number of unbranched alkanes of at least 4 members (excludes halogenated alkanes) is 1. The summed E-state index contributed by atoms with van der Waals surface area (Å²) in [4.78, 5) is 57.7. The van der Waals surface area contributed by atoms with Gasteiger partial charge in [0.15, 0.2) is 0 Å². The Morgan fingerprint density at radius 1 is 0.786 bits per heavy atom.